The van der Waals surface area contributed by atoms with Crippen molar-refractivity contribution in [3.05, 3.63) is 5.82 Å². The van der Waals surface area contributed by atoms with Gasteiger partial charge in [0.15, 0.2) is 0 Å². The Kier molecular flexibility index (Phi) is 3.17. The van der Waals surface area contributed by atoms with Crippen molar-refractivity contribution in [3.63, 3.8) is 0 Å². The van der Waals surface area contributed by atoms with Crippen LogP contribution in [-0.4, -0.2) is 28.1 Å². The summed E-state index contributed by atoms with van der Waals surface area (Å²) in [5, 5.41) is 4.28. The highest BCUT2D eigenvalue weighted by Gasteiger charge is 2.45. The van der Waals surface area contributed by atoms with E-state index >= 15 is 0 Å². The maximum Gasteiger partial charge on any atom is 0.202 e. The lowest BCUT2D eigenvalue weighted by Gasteiger charge is -2.35. The van der Waals surface area contributed by atoms with Crippen LogP contribution in [0.15, 0.2) is 0 Å². The number of anilines is 1. The first kappa shape index (κ1) is 11.8. The molecule has 2 atom stereocenters. The minimum absolute atomic E-state index is 0.0976. The number of aromatic nitrogens is 2. The van der Waals surface area contributed by atoms with Crippen molar-refractivity contribution in [3.8, 4) is 0 Å². The minimum atomic E-state index is -0.0976. The van der Waals surface area contributed by atoms with Gasteiger partial charge in [0.05, 0.1) is 11.6 Å². The molecule has 0 saturated heterocycles. The molecule has 16 heavy (non-hydrogen) atoms. The van der Waals surface area contributed by atoms with Gasteiger partial charge in [-0.15, -0.1) is 0 Å². The topological polar surface area (TPSA) is 47.0 Å². The standard InChI is InChI=1S/C11H19N3OS/c1-7(11(3,15-4)9-5-6-9)12-10-13-8(2)14-16-10/h7,9H,5-6H2,1-4H3,(H,12,13,14)/t7-,11-/m1/s1. The van der Waals surface area contributed by atoms with Crippen molar-refractivity contribution in [2.24, 2.45) is 5.92 Å². The zero-order valence-corrected chi connectivity index (χ0v) is 11.1. The predicted octanol–water partition coefficient (Wildman–Crippen LogP) is 2.46. The quantitative estimate of drug-likeness (QED) is 0.860. The maximum atomic E-state index is 5.70. The molecular weight excluding hydrogens is 222 g/mol. The summed E-state index contributed by atoms with van der Waals surface area (Å²) >= 11 is 1.41. The third kappa shape index (κ3) is 2.20. The van der Waals surface area contributed by atoms with E-state index in [9.17, 15) is 0 Å². The lowest BCUT2D eigenvalue weighted by molar-refractivity contribution is -0.0246. The summed E-state index contributed by atoms with van der Waals surface area (Å²) in [6.07, 6.45) is 2.54. The summed E-state index contributed by atoms with van der Waals surface area (Å²) < 4.78 is 9.86. The molecule has 0 radical (unpaired) electrons. The molecule has 0 aromatic carbocycles. The van der Waals surface area contributed by atoms with Crippen molar-refractivity contribution in [1.82, 2.24) is 9.36 Å². The van der Waals surface area contributed by atoms with Crippen LogP contribution in [0.2, 0.25) is 0 Å². The van der Waals surface area contributed by atoms with E-state index in [1.54, 1.807) is 7.11 Å². The molecule has 0 amide bonds. The molecule has 5 heteroatoms. The molecule has 90 valence electrons. The fourth-order valence-electron chi connectivity index (χ4n) is 2.04. The summed E-state index contributed by atoms with van der Waals surface area (Å²) in [6, 6.07) is 0.248. The molecule has 4 nitrogen and oxygen atoms in total. The molecule has 0 aliphatic heterocycles. The van der Waals surface area contributed by atoms with E-state index in [0.717, 1.165) is 11.0 Å². The zero-order valence-electron chi connectivity index (χ0n) is 10.3. The summed E-state index contributed by atoms with van der Waals surface area (Å²) in [7, 11) is 1.79. The van der Waals surface area contributed by atoms with Gasteiger partial charge in [0.25, 0.3) is 0 Å². The van der Waals surface area contributed by atoms with Gasteiger partial charge in [-0.1, -0.05) is 0 Å². The molecular formula is C11H19N3OS. The number of nitrogens with zero attached hydrogens (tertiary/aromatic N) is 2. The number of aryl methyl sites for hydroxylation is 1. The second-order valence-corrected chi connectivity index (χ2v) is 5.43. The van der Waals surface area contributed by atoms with Gasteiger partial charge in [0.2, 0.25) is 5.13 Å². The Morgan fingerprint density at radius 1 is 1.56 bits per heavy atom. The third-order valence-electron chi connectivity index (χ3n) is 3.56. The summed E-state index contributed by atoms with van der Waals surface area (Å²) in [6.45, 7) is 6.23. The van der Waals surface area contributed by atoms with Crippen molar-refractivity contribution in [2.45, 2.75) is 45.3 Å². The largest absolute Gasteiger partial charge is 0.376 e. The third-order valence-corrected chi connectivity index (χ3v) is 4.29. The van der Waals surface area contributed by atoms with E-state index in [1.165, 1.54) is 24.4 Å². The van der Waals surface area contributed by atoms with Crippen LogP contribution in [0, 0.1) is 12.8 Å². The van der Waals surface area contributed by atoms with E-state index < -0.39 is 0 Å². The fraction of sp³-hybridized carbons (Fsp3) is 0.818. The Balaban J connectivity index is 2.03. The van der Waals surface area contributed by atoms with E-state index in [2.05, 4.69) is 28.5 Å². The first-order valence-electron chi connectivity index (χ1n) is 5.68. The lowest BCUT2D eigenvalue weighted by atomic mass is 9.92. The van der Waals surface area contributed by atoms with Crippen LogP contribution in [-0.2, 0) is 4.74 Å². The highest BCUT2D eigenvalue weighted by molar-refractivity contribution is 7.09. The van der Waals surface area contributed by atoms with Crippen LogP contribution in [0.25, 0.3) is 0 Å². The monoisotopic (exact) mass is 241 g/mol. The molecule has 0 spiro atoms. The molecule has 2 rings (SSSR count). The summed E-state index contributed by atoms with van der Waals surface area (Å²) in [4.78, 5) is 4.32. The Hall–Kier alpha value is -0.680. The molecule has 1 fully saturated rings. The van der Waals surface area contributed by atoms with Crippen LogP contribution >= 0.6 is 11.5 Å². The van der Waals surface area contributed by atoms with Gasteiger partial charge >= 0.3 is 0 Å². The van der Waals surface area contributed by atoms with E-state index in [4.69, 9.17) is 4.74 Å². The molecule has 1 aliphatic carbocycles. The Bertz CT molecular complexity index is 364. The van der Waals surface area contributed by atoms with Crippen molar-refractivity contribution >= 4 is 16.7 Å². The number of methoxy groups -OCH3 is 1. The lowest BCUT2D eigenvalue weighted by Crippen LogP contribution is -2.46. The van der Waals surface area contributed by atoms with Gasteiger partial charge in [-0.2, -0.15) is 4.37 Å². The Morgan fingerprint density at radius 3 is 2.69 bits per heavy atom. The second-order valence-electron chi connectivity index (χ2n) is 4.68. The van der Waals surface area contributed by atoms with Crippen LogP contribution < -0.4 is 5.32 Å². The predicted molar refractivity (Wildman–Crippen MR) is 65.9 cm³/mol. The van der Waals surface area contributed by atoms with Crippen molar-refractivity contribution < 1.29 is 4.74 Å². The molecule has 1 aromatic heterocycles. The minimum Gasteiger partial charge on any atom is -0.376 e. The van der Waals surface area contributed by atoms with Crippen molar-refractivity contribution in [1.29, 1.82) is 0 Å². The van der Waals surface area contributed by atoms with E-state index in [-0.39, 0.29) is 11.6 Å². The molecule has 0 unspecified atom stereocenters. The molecule has 1 heterocycles. The number of nitrogens with one attached hydrogen (secondary N) is 1. The molecule has 0 bridgehead atoms. The van der Waals surface area contributed by atoms with Gasteiger partial charge in [-0.3, -0.25) is 0 Å². The first-order chi connectivity index (χ1) is 7.56. The summed E-state index contributed by atoms with van der Waals surface area (Å²) in [5.74, 6) is 1.50. The van der Waals surface area contributed by atoms with Crippen LogP contribution in [0.3, 0.4) is 0 Å². The SMILES string of the molecule is CO[C@@](C)(C1CC1)[C@@H](C)Nc1nc(C)ns1. The normalized spacial score (nSPS) is 21.5. The van der Waals surface area contributed by atoms with Crippen molar-refractivity contribution in [2.75, 3.05) is 12.4 Å². The number of ether oxygens (including phenoxy) is 1. The number of hydrogen-bond donors (Lipinski definition) is 1. The highest BCUT2D eigenvalue weighted by Crippen LogP contribution is 2.44. The highest BCUT2D eigenvalue weighted by atomic mass is 32.1. The van der Waals surface area contributed by atoms with E-state index in [0.29, 0.717) is 5.92 Å². The van der Waals surface area contributed by atoms with Gasteiger partial charge in [0.1, 0.15) is 5.82 Å². The zero-order chi connectivity index (χ0) is 11.8. The Labute approximate surface area is 101 Å². The number of rotatable bonds is 5. The molecule has 1 aromatic rings. The maximum absolute atomic E-state index is 5.70. The van der Waals surface area contributed by atoms with Gasteiger partial charge in [-0.25, -0.2) is 4.98 Å². The van der Waals surface area contributed by atoms with Gasteiger partial charge in [-0.05, 0) is 39.5 Å². The smallest absolute Gasteiger partial charge is 0.202 e. The van der Waals surface area contributed by atoms with E-state index in [1.807, 2.05) is 6.92 Å². The summed E-state index contributed by atoms with van der Waals surface area (Å²) in [5.41, 5.74) is -0.0976. The van der Waals surface area contributed by atoms with Crippen LogP contribution in [0.4, 0.5) is 5.13 Å². The fourth-order valence-corrected chi connectivity index (χ4v) is 2.70. The van der Waals surface area contributed by atoms with Gasteiger partial charge < -0.3 is 10.1 Å². The number of hydrogen-bond acceptors (Lipinski definition) is 5. The van der Waals surface area contributed by atoms with Crippen LogP contribution in [0.5, 0.6) is 0 Å². The second kappa shape index (κ2) is 4.30. The van der Waals surface area contributed by atoms with Gasteiger partial charge in [0, 0.05) is 18.6 Å². The molecule has 1 N–H and O–H groups in total. The molecule has 1 aliphatic rings. The Morgan fingerprint density at radius 2 is 2.25 bits per heavy atom. The molecule has 1 saturated carbocycles. The van der Waals surface area contributed by atoms with Crippen LogP contribution in [0.1, 0.15) is 32.5 Å². The average Bonchev–Trinajstić information content (AvgIpc) is 3.03. The first-order valence-corrected chi connectivity index (χ1v) is 6.45. The average molecular weight is 241 g/mol.